The molecule has 0 bridgehead atoms. The molecule has 2 atom stereocenters. The molecular formula is C18H30O4. The summed E-state index contributed by atoms with van der Waals surface area (Å²) in [6.07, 6.45) is 6.20. The smallest absolute Gasteiger partial charge is 0.305 e. The molecule has 4 nitrogen and oxygen atoms in total. The lowest BCUT2D eigenvalue weighted by molar-refractivity contribution is -0.316. The number of esters is 1. The van der Waals surface area contributed by atoms with E-state index in [2.05, 4.69) is 13.8 Å². The molecule has 1 spiro atoms. The summed E-state index contributed by atoms with van der Waals surface area (Å²) in [6.45, 7) is 3.48. The minimum Gasteiger partial charge on any atom is -0.469 e. The molecule has 0 unspecified atom stereocenters. The molecule has 2 aliphatic rings. The van der Waals surface area contributed by atoms with Crippen molar-refractivity contribution in [2.75, 3.05) is 20.3 Å². The Hall–Kier alpha value is -0.870. The maximum absolute atomic E-state index is 11.8. The molecule has 1 saturated heterocycles. The van der Waals surface area contributed by atoms with Gasteiger partial charge in [-0.2, -0.15) is 0 Å². The van der Waals surface area contributed by atoms with Gasteiger partial charge in [-0.25, -0.2) is 0 Å². The molecule has 1 saturated carbocycles. The minimum atomic E-state index is -1.96. The third-order valence-electron chi connectivity index (χ3n) is 4.74. The van der Waals surface area contributed by atoms with Crippen LogP contribution in [0.25, 0.3) is 0 Å². The molecule has 0 amide bonds. The van der Waals surface area contributed by atoms with Crippen molar-refractivity contribution in [3.05, 3.63) is 12.2 Å². The highest BCUT2D eigenvalue weighted by molar-refractivity contribution is 5.69. The molecule has 22 heavy (non-hydrogen) atoms. The highest BCUT2D eigenvalue weighted by Gasteiger charge is 2.53. The van der Waals surface area contributed by atoms with Gasteiger partial charge in [-0.3, -0.25) is 4.79 Å². The van der Waals surface area contributed by atoms with Gasteiger partial charge in [-0.05, 0) is 25.2 Å². The molecule has 126 valence electrons. The van der Waals surface area contributed by atoms with E-state index in [-0.39, 0.29) is 29.6 Å². The summed E-state index contributed by atoms with van der Waals surface area (Å²) >= 11 is 0. The van der Waals surface area contributed by atoms with Crippen LogP contribution in [0.15, 0.2) is 12.2 Å². The number of carbonyl (C=O) groups is 1. The van der Waals surface area contributed by atoms with Crippen LogP contribution in [0, 0.1) is 17.3 Å². The first-order valence-electron chi connectivity index (χ1n) is 9.57. The van der Waals surface area contributed by atoms with E-state index in [1.54, 1.807) is 6.08 Å². The van der Waals surface area contributed by atoms with Crippen LogP contribution in [0.3, 0.4) is 0 Å². The molecular weight excluding hydrogens is 280 g/mol. The van der Waals surface area contributed by atoms with Crippen LogP contribution in [0.4, 0.5) is 0 Å². The summed E-state index contributed by atoms with van der Waals surface area (Å²) in [5, 5.41) is 0. The predicted molar refractivity (Wildman–Crippen MR) is 85.3 cm³/mol. The van der Waals surface area contributed by atoms with Crippen molar-refractivity contribution in [2.24, 2.45) is 17.3 Å². The first-order chi connectivity index (χ1) is 11.6. The van der Waals surface area contributed by atoms with E-state index >= 15 is 0 Å². The molecule has 0 N–H and O–H groups in total. The van der Waals surface area contributed by atoms with Crippen molar-refractivity contribution in [2.45, 2.75) is 58.6 Å². The molecule has 1 aliphatic carbocycles. The van der Waals surface area contributed by atoms with Crippen molar-refractivity contribution >= 4 is 5.97 Å². The molecule has 0 aromatic heterocycles. The largest absolute Gasteiger partial charge is 0.469 e. The van der Waals surface area contributed by atoms with Crippen LogP contribution in [0.1, 0.15) is 56.9 Å². The van der Waals surface area contributed by atoms with Crippen LogP contribution in [0.5, 0.6) is 0 Å². The lowest BCUT2D eigenvalue weighted by atomic mass is 9.85. The molecule has 2 fully saturated rings. The number of methoxy groups -OCH3 is 1. The Morgan fingerprint density at radius 1 is 1.36 bits per heavy atom. The highest BCUT2D eigenvalue weighted by atomic mass is 16.7. The average Bonchev–Trinajstić information content (AvgIpc) is 2.84. The van der Waals surface area contributed by atoms with Gasteiger partial charge in [0, 0.05) is 28.3 Å². The second-order valence-electron chi connectivity index (χ2n) is 7.15. The van der Waals surface area contributed by atoms with Gasteiger partial charge in [-0.1, -0.05) is 32.9 Å². The summed E-state index contributed by atoms with van der Waals surface area (Å²) in [5.74, 6) is -0.755. The van der Waals surface area contributed by atoms with Crippen molar-refractivity contribution in [3.63, 3.8) is 0 Å². The third kappa shape index (κ3) is 3.90. The zero-order valence-corrected chi connectivity index (χ0v) is 13.9. The average molecular weight is 313 g/mol. The molecule has 0 radical (unpaired) electrons. The maximum Gasteiger partial charge on any atom is 0.305 e. The number of carbonyl (C=O) groups excluding carboxylic acids is 1. The first kappa shape index (κ1) is 13.6. The van der Waals surface area contributed by atoms with Crippen molar-refractivity contribution in [1.82, 2.24) is 0 Å². The number of hydrogen-bond donors (Lipinski definition) is 0. The molecule has 4 heteroatoms. The lowest BCUT2D eigenvalue weighted by Crippen LogP contribution is -2.50. The van der Waals surface area contributed by atoms with Crippen molar-refractivity contribution < 1.29 is 23.1 Å². The van der Waals surface area contributed by atoms with E-state index in [0.717, 1.165) is 12.8 Å². The Labute approximate surface area is 138 Å². The van der Waals surface area contributed by atoms with E-state index in [0.29, 0.717) is 26.1 Å². The van der Waals surface area contributed by atoms with Crippen LogP contribution in [-0.4, -0.2) is 32.1 Å². The second-order valence-corrected chi connectivity index (χ2v) is 7.15. The number of rotatable bonds is 5. The number of ether oxygens (including phenoxy) is 3. The summed E-state index contributed by atoms with van der Waals surface area (Å²) in [5.41, 5.74) is -0.0205. The standard InChI is InChI=1S/C18H30O4/c1-5-6-7-8-15-14(11-16(19)20-4)9-10-18(15)21-12-17(2,3)13-22-18/h6-7,14-15H,5,8-13H2,1-4H3/b7-6-/t14-,15-/m1/s1/i1D3. The fraction of sp³-hybridized carbons (Fsp3) is 0.833. The van der Waals surface area contributed by atoms with Gasteiger partial charge < -0.3 is 14.2 Å². The fourth-order valence-corrected chi connectivity index (χ4v) is 3.45. The number of hydrogen-bond acceptors (Lipinski definition) is 4. The van der Waals surface area contributed by atoms with E-state index in [1.165, 1.54) is 7.11 Å². The maximum atomic E-state index is 11.8. The van der Waals surface area contributed by atoms with Crippen LogP contribution < -0.4 is 0 Å². The summed E-state index contributed by atoms with van der Waals surface area (Å²) in [4.78, 5) is 11.8. The molecule has 0 aromatic rings. The van der Waals surface area contributed by atoms with Gasteiger partial charge in [0.1, 0.15) is 0 Å². The summed E-state index contributed by atoms with van der Waals surface area (Å²) in [7, 11) is 1.40. The van der Waals surface area contributed by atoms with E-state index < -0.39 is 12.6 Å². The van der Waals surface area contributed by atoms with Gasteiger partial charge in [0.25, 0.3) is 0 Å². The molecule has 1 heterocycles. The monoisotopic (exact) mass is 313 g/mol. The highest BCUT2D eigenvalue weighted by Crippen LogP contribution is 2.50. The SMILES string of the molecule is [2H]C([2H])([2H])C/C=C\C[C@@H]1[C@@H](CC(=O)OC)CCC12OCC(C)(C)CO2. The van der Waals surface area contributed by atoms with E-state index in [9.17, 15) is 4.79 Å². The van der Waals surface area contributed by atoms with Crippen molar-refractivity contribution in [3.8, 4) is 0 Å². The fourth-order valence-electron chi connectivity index (χ4n) is 3.45. The Bertz CT molecular complexity index is 489. The molecule has 2 rings (SSSR count). The van der Waals surface area contributed by atoms with E-state index in [1.807, 2.05) is 6.08 Å². The normalized spacial score (nSPS) is 32.6. The predicted octanol–water partition coefficient (Wildman–Crippen LogP) is 3.70. The zero-order valence-electron chi connectivity index (χ0n) is 16.9. The summed E-state index contributed by atoms with van der Waals surface area (Å²) in [6, 6.07) is 0. The van der Waals surface area contributed by atoms with Gasteiger partial charge in [-0.15, -0.1) is 0 Å². The van der Waals surface area contributed by atoms with Crippen molar-refractivity contribution in [1.29, 1.82) is 0 Å². The Kier molecular flexibility index (Phi) is 4.40. The van der Waals surface area contributed by atoms with Gasteiger partial charge in [0.2, 0.25) is 0 Å². The topological polar surface area (TPSA) is 44.8 Å². The summed E-state index contributed by atoms with van der Waals surface area (Å²) < 4.78 is 39.0. The first-order valence-corrected chi connectivity index (χ1v) is 8.07. The van der Waals surface area contributed by atoms with Gasteiger partial charge in [0.15, 0.2) is 5.79 Å². The zero-order chi connectivity index (χ0) is 18.7. The molecule has 1 aliphatic heterocycles. The quantitative estimate of drug-likeness (QED) is 0.573. The Morgan fingerprint density at radius 2 is 2.09 bits per heavy atom. The Balaban J connectivity index is 2.08. The second kappa shape index (κ2) is 7.14. The third-order valence-corrected chi connectivity index (χ3v) is 4.74. The molecule has 0 aromatic carbocycles. The number of allylic oxidation sites excluding steroid dienone is 2. The van der Waals surface area contributed by atoms with Gasteiger partial charge in [0.05, 0.1) is 20.3 Å². The minimum absolute atomic E-state index is 0.0205. The Morgan fingerprint density at radius 3 is 2.73 bits per heavy atom. The van der Waals surface area contributed by atoms with Crippen LogP contribution >= 0.6 is 0 Å². The van der Waals surface area contributed by atoms with Crippen LogP contribution in [-0.2, 0) is 19.0 Å². The van der Waals surface area contributed by atoms with Gasteiger partial charge >= 0.3 is 5.97 Å². The van der Waals surface area contributed by atoms with Crippen LogP contribution in [0.2, 0.25) is 0 Å². The van der Waals surface area contributed by atoms with E-state index in [4.69, 9.17) is 18.3 Å². The lowest BCUT2D eigenvalue weighted by Gasteiger charge is -2.45.